The maximum atomic E-state index is 13.1. The van der Waals surface area contributed by atoms with Crippen molar-refractivity contribution in [3.05, 3.63) is 41.0 Å². The molecule has 0 radical (unpaired) electrons. The highest BCUT2D eigenvalue weighted by atomic mass is 19.1. The van der Waals surface area contributed by atoms with Crippen LogP contribution in [0.1, 0.15) is 23.0 Å². The lowest BCUT2D eigenvalue weighted by Crippen LogP contribution is -2.14. The van der Waals surface area contributed by atoms with Crippen molar-refractivity contribution < 1.29 is 4.39 Å². The summed E-state index contributed by atoms with van der Waals surface area (Å²) >= 11 is 0. The predicted octanol–water partition coefficient (Wildman–Crippen LogP) is 0.900. The van der Waals surface area contributed by atoms with Crippen molar-refractivity contribution in [3.8, 4) is 0 Å². The standard InChI is InChI=1S/C11H14FN5/c1-7-5-8(3-4-9(7)12)10(13)6-11-14-16-17(2)15-11/h3-5,10H,6,13H2,1-2H3. The summed E-state index contributed by atoms with van der Waals surface area (Å²) in [6.45, 7) is 1.71. The third-order valence-corrected chi connectivity index (χ3v) is 2.56. The van der Waals surface area contributed by atoms with Crippen molar-refractivity contribution >= 4 is 0 Å². The Morgan fingerprint density at radius 2 is 2.24 bits per heavy atom. The number of nitrogens with two attached hydrogens (primary N) is 1. The molecule has 0 spiro atoms. The zero-order valence-corrected chi connectivity index (χ0v) is 9.76. The van der Waals surface area contributed by atoms with Gasteiger partial charge in [0, 0.05) is 12.5 Å². The largest absolute Gasteiger partial charge is 0.324 e. The quantitative estimate of drug-likeness (QED) is 0.858. The zero-order valence-electron chi connectivity index (χ0n) is 9.76. The highest BCUT2D eigenvalue weighted by Crippen LogP contribution is 2.17. The van der Waals surface area contributed by atoms with E-state index in [1.807, 2.05) is 0 Å². The van der Waals surface area contributed by atoms with Crippen LogP contribution < -0.4 is 5.73 Å². The molecule has 0 aliphatic heterocycles. The van der Waals surface area contributed by atoms with Crippen molar-refractivity contribution in [2.45, 2.75) is 19.4 Å². The van der Waals surface area contributed by atoms with Gasteiger partial charge >= 0.3 is 0 Å². The van der Waals surface area contributed by atoms with Crippen molar-refractivity contribution in [1.82, 2.24) is 20.2 Å². The van der Waals surface area contributed by atoms with Crippen LogP contribution in [0, 0.1) is 12.7 Å². The molecule has 0 fully saturated rings. The topological polar surface area (TPSA) is 69.6 Å². The molecular formula is C11H14FN5. The molecule has 2 rings (SSSR count). The molecule has 1 aromatic heterocycles. The lowest BCUT2D eigenvalue weighted by Gasteiger charge is -2.10. The molecule has 0 aliphatic rings. The van der Waals surface area contributed by atoms with E-state index in [0.717, 1.165) is 5.56 Å². The van der Waals surface area contributed by atoms with Gasteiger partial charge in [0.25, 0.3) is 0 Å². The number of halogens is 1. The summed E-state index contributed by atoms with van der Waals surface area (Å²) in [5, 5.41) is 11.7. The number of nitrogens with zero attached hydrogens (tertiary/aromatic N) is 4. The van der Waals surface area contributed by atoms with E-state index in [-0.39, 0.29) is 11.9 Å². The number of tetrazole rings is 1. The van der Waals surface area contributed by atoms with Gasteiger partial charge in [0.15, 0.2) is 5.82 Å². The maximum absolute atomic E-state index is 13.1. The van der Waals surface area contributed by atoms with Crippen LogP contribution in [0.25, 0.3) is 0 Å². The van der Waals surface area contributed by atoms with E-state index in [0.29, 0.717) is 17.8 Å². The minimum atomic E-state index is -0.251. The molecule has 2 aromatic rings. The summed E-state index contributed by atoms with van der Waals surface area (Å²) in [5.41, 5.74) is 7.48. The highest BCUT2D eigenvalue weighted by Gasteiger charge is 2.11. The Balaban J connectivity index is 2.14. The minimum absolute atomic E-state index is 0.224. The fraction of sp³-hybridized carbons (Fsp3) is 0.364. The first kappa shape index (κ1) is 11.7. The van der Waals surface area contributed by atoms with E-state index in [1.165, 1.54) is 10.9 Å². The van der Waals surface area contributed by atoms with Gasteiger partial charge in [0.1, 0.15) is 5.82 Å². The SMILES string of the molecule is Cc1cc(C(N)Cc2nnn(C)n2)ccc1F. The molecule has 0 amide bonds. The molecule has 17 heavy (non-hydrogen) atoms. The van der Waals surface area contributed by atoms with Gasteiger partial charge in [-0.2, -0.15) is 4.80 Å². The normalized spacial score (nSPS) is 12.7. The number of benzene rings is 1. The van der Waals surface area contributed by atoms with Crippen molar-refractivity contribution in [1.29, 1.82) is 0 Å². The summed E-state index contributed by atoms with van der Waals surface area (Å²) in [7, 11) is 1.70. The number of hydrogen-bond acceptors (Lipinski definition) is 4. The Morgan fingerprint density at radius 3 is 2.82 bits per heavy atom. The molecule has 1 atom stereocenters. The minimum Gasteiger partial charge on any atom is -0.324 e. The fourth-order valence-electron chi connectivity index (χ4n) is 1.62. The van der Waals surface area contributed by atoms with Crippen LogP contribution in [0.4, 0.5) is 4.39 Å². The van der Waals surface area contributed by atoms with Crippen LogP contribution in [0.5, 0.6) is 0 Å². The molecule has 5 nitrogen and oxygen atoms in total. The van der Waals surface area contributed by atoms with E-state index in [9.17, 15) is 4.39 Å². The van der Waals surface area contributed by atoms with Gasteiger partial charge < -0.3 is 5.73 Å². The van der Waals surface area contributed by atoms with Crippen molar-refractivity contribution in [2.75, 3.05) is 0 Å². The first-order valence-corrected chi connectivity index (χ1v) is 5.31. The lowest BCUT2D eigenvalue weighted by atomic mass is 10.0. The molecule has 0 saturated heterocycles. The molecule has 6 heteroatoms. The Hall–Kier alpha value is -1.82. The second-order valence-corrected chi connectivity index (χ2v) is 4.01. The average molecular weight is 235 g/mol. The Labute approximate surface area is 98.4 Å². The van der Waals surface area contributed by atoms with Crippen LogP contribution in [0.2, 0.25) is 0 Å². The van der Waals surface area contributed by atoms with Gasteiger partial charge in [-0.1, -0.05) is 12.1 Å². The Kier molecular flexibility index (Phi) is 3.14. The number of aryl methyl sites for hydroxylation is 2. The third-order valence-electron chi connectivity index (χ3n) is 2.56. The van der Waals surface area contributed by atoms with E-state index >= 15 is 0 Å². The zero-order chi connectivity index (χ0) is 12.4. The van der Waals surface area contributed by atoms with E-state index in [4.69, 9.17) is 5.73 Å². The van der Waals surface area contributed by atoms with Gasteiger partial charge in [-0.05, 0) is 29.3 Å². The van der Waals surface area contributed by atoms with E-state index in [1.54, 1.807) is 26.1 Å². The first-order chi connectivity index (χ1) is 8.06. The molecule has 0 saturated carbocycles. The Bertz CT molecular complexity index is 522. The predicted molar refractivity (Wildman–Crippen MR) is 60.6 cm³/mol. The molecule has 0 aliphatic carbocycles. The van der Waals surface area contributed by atoms with Crippen LogP contribution in [-0.4, -0.2) is 20.2 Å². The van der Waals surface area contributed by atoms with E-state index < -0.39 is 0 Å². The van der Waals surface area contributed by atoms with E-state index in [2.05, 4.69) is 15.4 Å². The Morgan fingerprint density at radius 1 is 1.47 bits per heavy atom. The van der Waals surface area contributed by atoms with Crippen LogP contribution >= 0.6 is 0 Å². The van der Waals surface area contributed by atoms with Gasteiger partial charge in [-0.25, -0.2) is 4.39 Å². The van der Waals surface area contributed by atoms with Gasteiger partial charge in [0.2, 0.25) is 0 Å². The van der Waals surface area contributed by atoms with Gasteiger partial charge in [0.05, 0.1) is 7.05 Å². The van der Waals surface area contributed by atoms with Gasteiger partial charge in [-0.15, -0.1) is 10.2 Å². The van der Waals surface area contributed by atoms with Crippen LogP contribution in [-0.2, 0) is 13.5 Å². The average Bonchev–Trinajstić information content (AvgIpc) is 2.68. The van der Waals surface area contributed by atoms with Crippen LogP contribution in [0.3, 0.4) is 0 Å². The molecule has 1 aromatic carbocycles. The summed E-state index contributed by atoms with van der Waals surface area (Å²) in [4.78, 5) is 1.39. The molecule has 0 bridgehead atoms. The molecule has 1 unspecified atom stereocenters. The third kappa shape index (κ3) is 2.65. The lowest BCUT2D eigenvalue weighted by molar-refractivity contribution is 0.612. The van der Waals surface area contributed by atoms with Crippen LogP contribution in [0.15, 0.2) is 18.2 Å². The van der Waals surface area contributed by atoms with Gasteiger partial charge in [-0.3, -0.25) is 0 Å². The molecule has 2 N–H and O–H groups in total. The summed E-state index contributed by atoms with van der Waals surface area (Å²) < 4.78 is 13.1. The maximum Gasteiger partial charge on any atom is 0.176 e. The second-order valence-electron chi connectivity index (χ2n) is 4.01. The second kappa shape index (κ2) is 4.58. The highest BCUT2D eigenvalue weighted by molar-refractivity contribution is 5.26. The number of aromatic nitrogens is 4. The molecule has 1 heterocycles. The summed E-state index contributed by atoms with van der Waals surface area (Å²) in [6.07, 6.45) is 0.485. The number of hydrogen-bond donors (Lipinski definition) is 1. The first-order valence-electron chi connectivity index (χ1n) is 5.31. The number of rotatable bonds is 3. The molecule has 90 valence electrons. The smallest absolute Gasteiger partial charge is 0.176 e. The van der Waals surface area contributed by atoms with Crippen molar-refractivity contribution in [3.63, 3.8) is 0 Å². The summed E-state index contributed by atoms with van der Waals surface area (Å²) in [6, 6.07) is 4.60. The van der Waals surface area contributed by atoms with Crippen molar-refractivity contribution in [2.24, 2.45) is 12.8 Å². The summed E-state index contributed by atoms with van der Waals surface area (Å²) in [5.74, 6) is 0.362. The fourth-order valence-corrected chi connectivity index (χ4v) is 1.62. The molecular weight excluding hydrogens is 221 g/mol. The monoisotopic (exact) mass is 235 g/mol.